The summed E-state index contributed by atoms with van der Waals surface area (Å²) in [6, 6.07) is 3.25. The first-order valence-corrected chi connectivity index (χ1v) is 11.6. The summed E-state index contributed by atoms with van der Waals surface area (Å²) in [5.74, 6) is 0.274. The summed E-state index contributed by atoms with van der Waals surface area (Å²) in [6.07, 6.45) is 0.565. The van der Waals surface area contributed by atoms with Crippen LogP contribution in [0, 0.1) is 6.92 Å². The number of carboxylic acid groups (broad SMARTS) is 1. The largest absolute Gasteiger partial charge is 0.479 e. The number of fused-ring (bicyclic) bond motifs is 1. The molecule has 1 aromatic carbocycles. The number of amides is 3. The fourth-order valence-electron chi connectivity index (χ4n) is 4.70. The van der Waals surface area contributed by atoms with Crippen molar-refractivity contribution >= 4 is 23.6 Å². The zero-order chi connectivity index (χ0) is 24.3. The second-order valence-corrected chi connectivity index (χ2v) is 9.06. The molecule has 0 radical (unpaired) electrons. The van der Waals surface area contributed by atoms with E-state index < -0.39 is 12.2 Å². The van der Waals surface area contributed by atoms with Crippen molar-refractivity contribution in [2.75, 3.05) is 38.3 Å². The number of nitrogens with zero attached hydrogens (tertiary/aromatic N) is 3. The molecule has 3 rings (SSSR count). The number of hydrogen-bond donors (Lipinski definition) is 1. The molecule has 2 aliphatic heterocycles. The smallest absolute Gasteiger partial charge is 0.407 e. The summed E-state index contributed by atoms with van der Waals surface area (Å²) in [5.41, 5.74) is 1.84. The van der Waals surface area contributed by atoms with Crippen molar-refractivity contribution in [1.29, 1.82) is 0 Å². The number of rotatable bonds is 7. The highest BCUT2D eigenvalue weighted by Gasteiger charge is 2.36. The van der Waals surface area contributed by atoms with Crippen LogP contribution in [-0.4, -0.2) is 84.4 Å². The van der Waals surface area contributed by atoms with E-state index in [2.05, 4.69) is 0 Å². The van der Waals surface area contributed by atoms with Gasteiger partial charge in [0.2, 0.25) is 0 Å². The van der Waals surface area contributed by atoms with E-state index in [1.807, 2.05) is 26.8 Å². The van der Waals surface area contributed by atoms with Crippen molar-refractivity contribution in [2.24, 2.45) is 0 Å². The number of carbonyl (C=O) groups excluding carboxylic acids is 2. The van der Waals surface area contributed by atoms with Crippen molar-refractivity contribution < 1.29 is 29.0 Å². The summed E-state index contributed by atoms with van der Waals surface area (Å²) in [7, 11) is 1.62. The van der Waals surface area contributed by atoms with Gasteiger partial charge in [0.05, 0.1) is 11.7 Å². The topological polar surface area (TPSA) is 99.6 Å². The molecule has 0 saturated carbocycles. The SMILES string of the molecule is COCCCN1C(=O)[C@@H](C)Oc2cc(C)c(C(=O)N(C(C)C)[C@@H]3CCCN(C(=O)O)C3)cc21. The Morgan fingerprint density at radius 2 is 2.06 bits per heavy atom. The van der Waals surface area contributed by atoms with Gasteiger partial charge in [-0.25, -0.2) is 4.79 Å². The molecule has 0 spiro atoms. The predicted octanol–water partition coefficient (Wildman–Crippen LogP) is 3.14. The number of benzene rings is 1. The number of anilines is 1. The number of methoxy groups -OCH3 is 1. The third-order valence-electron chi connectivity index (χ3n) is 6.33. The van der Waals surface area contributed by atoms with Gasteiger partial charge >= 0.3 is 6.09 Å². The van der Waals surface area contributed by atoms with E-state index in [4.69, 9.17) is 9.47 Å². The molecule has 1 aromatic rings. The molecule has 9 heteroatoms. The Balaban J connectivity index is 1.95. The molecule has 1 fully saturated rings. The molecule has 0 unspecified atom stereocenters. The fourth-order valence-corrected chi connectivity index (χ4v) is 4.70. The lowest BCUT2D eigenvalue weighted by atomic mass is 9.98. The molecule has 2 heterocycles. The molecule has 9 nitrogen and oxygen atoms in total. The molecule has 0 aliphatic carbocycles. The van der Waals surface area contributed by atoms with Crippen LogP contribution in [0.2, 0.25) is 0 Å². The average Bonchev–Trinajstić information content (AvgIpc) is 2.76. The standard InChI is InChI=1S/C24H35N3O6/c1-15(2)27(18-8-6-9-25(14-18)24(30)31)23(29)19-13-20-21(12-16(19)3)33-17(4)22(28)26(20)10-7-11-32-5/h12-13,15,17-18H,6-11,14H2,1-5H3,(H,30,31)/t17-,18-/m1/s1. The number of likely N-dealkylation sites (tertiary alicyclic amines) is 1. The summed E-state index contributed by atoms with van der Waals surface area (Å²) in [5, 5.41) is 9.43. The van der Waals surface area contributed by atoms with Crippen LogP contribution in [0.4, 0.5) is 10.5 Å². The first kappa shape index (κ1) is 24.8. The third-order valence-corrected chi connectivity index (χ3v) is 6.33. The van der Waals surface area contributed by atoms with Crippen molar-refractivity contribution in [2.45, 2.75) is 65.1 Å². The van der Waals surface area contributed by atoms with E-state index >= 15 is 0 Å². The highest BCUT2D eigenvalue weighted by Crippen LogP contribution is 2.37. The van der Waals surface area contributed by atoms with E-state index in [0.29, 0.717) is 56.1 Å². The minimum absolute atomic E-state index is 0.109. The highest BCUT2D eigenvalue weighted by atomic mass is 16.5. The Hall–Kier alpha value is -2.81. The van der Waals surface area contributed by atoms with Crippen LogP contribution in [0.3, 0.4) is 0 Å². The minimum atomic E-state index is -0.961. The number of carbonyl (C=O) groups is 3. The van der Waals surface area contributed by atoms with Gasteiger partial charge in [-0.15, -0.1) is 0 Å². The second kappa shape index (κ2) is 10.4. The Kier molecular flexibility index (Phi) is 7.84. The van der Waals surface area contributed by atoms with Gasteiger partial charge in [-0.1, -0.05) is 0 Å². The van der Waals surface area contributed by atoms with Crippen LogP contribution < -0.4 is 9.64 Å². The lowest BCUT2D eigenvalue weighted by Gasteiger charge is -2.41. The van der Waals surface area contributed by atoms with Gasteiger partial charge in [0.25, 0.3) is 11.8 Å². The van der Waals surface area contributed by atoms with E-state index in [-0.39, 0.29) is 23.9 Å². The van der Waals surface area contributed by atoms with E-state index in [1.54, 1.807) is 29.9 Å². The molecule has 1 saturated heterocycles. The van der Waals surface area contributed by atoms with Gasteiger partial charge in [-0.2, -0.15) is 0 Å². The fraction of sp³-hybridized carbons (Fsp3) is 0.625. The van der Waals surface area contributed by atoms with Gasteiger partial charge in [0.15, 0.2) is 6.10 Å². The molecule has 1 N–H and O–H groups in total. The average molecular weight is 462 g/mol. The van der Waals surface area contributed by atoms with E-state index in [1.165, 1.54) is 4.90 Å². The van der Waals surface area contributed by atoms with Gasteiger partial charge < -0.3 is 29.3 Å². The zero-order valence-corrected chi connectivity index (χ0v) is 20.2. The predicted molar refractivity (Wildman–Crippen MR) is 124 cm³/mol. The van der Waals surface area contributed by atoms with Crippen LogP contribution in [-0.2, 0) is 9.53 Å². The number of hydrogen-bond acceptors (Lipinski definition) is 5. The monoisotopic (exact) mass is 461 g/mol. The maximum atomic E-state index is 13.8. The van der Waals surface area contributed by atoms with Gasteiger partial charge in [-0.3, -0.25) is 9.59 Å². The number of aryl methyl sites for hydroxylation is 1. The summed E-state index contributed by atoms with van der Waals surface area (Å²) < 4.78 is 11.0. The summed E-state index contributed by atoms with van der Waals surface area (Å²) in [6.45, 7) is 9.23. The minimum Gasteiger partial charge on any atom is -0.479 e. The van der Waals surface area contributed by atoms with E-state index in [9.17, 15) is 19.5 Å². The molecular weight excluding hydrogens is 426 g/mol. The molecule has 182 valence electrons. The Labute approximate surface area is 195 Å². The lowest BCUT2D eigenvalue weighted by molar-refractivity contribution is -0.125. The maximum absolute atomic E-state index is 13.8. The number of ether oxygens (including phenoxy) is 2. The Bertz CT molecular complexity index is 902. The molecule has 0 aromatic heterocycles. The maximum Gasteiger partial charge on any atom is 0.407 e. The van der Waals surface area contributed by atoms with Gasteiger partial charge in [0, 0.05) is 45.0 Å². The molecule has 33 heavy (non-hydrogen) atoms. The van der Waals surface area contributed by atoms with Gasteiger partial charge in [-0.05, 0) is 64.7 Å². The third kappa shape index (κ3) is 5.24. The first-order chi connectivity index (χ1) is 15.6. The van der Waals surface area contributed by atoms with Crippen molar-refractivity contribution in [3.8, 4) is 5.75 Å². The van der Waals surface area contributed by atoms with Crippen LogP contribution in [0.5, 0.6) is 5.75 Å². The second-order valence-electron chi connectivity index (χ2n) is 9.06. The first-order valence-electron chi connectivity index (χ1n) is 11.6. The van der Waals surface area contributed by atoms with Crippen molar-refractivity contribution in [3.63, 3.8) is 0 Å². The summed E-state index contributed by atoms with van der Waals surface area (Å²) in [4.78, 5) is 43.0. The quantitative estimate of drug-likeness (QED) is 0.627. The zero-order valence-electron chi connectivity index (χ0n) is 20.2. The van der Waals surface area contributed by atoms with Gasteiger partial charge in [0.1, 0.15) is 5.75 Å². The number of piperidine rings is 1. The summed E-state index contributed by atoms with van der Waals surface area (Å²) >= 11 is 0. The Morgan fingerprint density at radius 1 is 1.33 bits per heavy atom. The van der Waals surface area contributed by atoms with E-state index in [0.717, 1.165) is 12.0 Å². The Morgan fingerprint density at radius 3 is 2.70 bits per heavy atom. The van der Waals surface area contributed by atoms with Crippen LogP contribution in [0.1, 0.15) is 56.0 Å². The lowest BCUT2D eigenvalue weighted by Crippen LogP contribution is -2.54. The highest BCUT2D eigenvalue weighted by molar-refractivity contribution is 6.03. The van der Waals surface area contributed by atoms with Crippen molar-refractivity contribution in [1.82, 2.24) is 9.80 Å². The van der Waals surface area contributed by atoms with Crippen molar-refractivity contribution in [3.05, 3.63) is 23.3 Å². The normalized spacial score (nSPS) is 20.5. The van der Waals surface area contributed by atoms with Crippen LogP contribution >= 0.6 is 0 Å². The molecule has 2 aliphatic rings. The molecular formula is C24H35N3O6. The molecule has 3 amide bonds. The molecule has 0 bridgehead atoms. The van der Waals surface area contributed by atoms with Crippen LogP contribution in [0.25, 0.3) is 0 Å². The molecule has 2 atom stereocenters. The van der Waals surface area contributed by atoms with Crippen LogP contribution in [0.15, 0.2) is 12.1 Å².